The number of halogens is 1. The normalized spacial score (nSPS) is 9.79. The topological polar surface area (TPSA) is 72.5 Å². The van der Waals surface area contributed by atoms with Gasteiger partial charge in [0.05, 0.1) is 18.7 Å². The number of nitrogen functional groups attached to an aromatic ring is 1. The van der Waals surface area contributed by atoms with Crippen molar-refractivity contribution in [3.05, 3.63) is 22.7 Å². The Morgan fingerprint density at radius 3 is 2.93 bits per heavy atom. The molecular formula is C9H10BrNO3. The van der Waals surface area contributed by atoms with Gasteiger partial charge in [0.1, 0.15) is 5.75 Å². The predicted molar refractivity (Wildman–Crippen MR) is 56.3 cm³/mol. The van der Waals surface area contributed by atoms with E-state index in [0.29, 0.717) is 11.4 Å². The molecule has 0 aliphatic carbocycles. The Kier molecular flexibility index (Phi) is 3.76. The van der Waals surface area contributed by atoms with Crippen LogP contribution in [0, 0.1) is 0 Å². The van der Waals surface area contributed by atoms with Crippen molar-refractivity contribution in [2.75, 3.05) is 12.3 Å². The van der Waals surface area contributed by atoms with Gasteiger partial charge < -0.3 is 15.6 Å². The summed E-state index contributed by atoms with van der Waals surface area (Å²) in [4.78, 5) is 10.2. The number of rotatable bonds is 4. The maximum Gasteiger partial charge on any atom is 0.306 e. The van der Waals surface area contributed by atoms with Crippen molar-refractivity contribution in [1.29, 1.82) is 0 Å². The fourth-order valence-electron chi connectivity index (χ4n) is 0.882. The zero-order chi connectivity index (χ0) is 10.6. The van der Waals surface area contributed by atoms with Gasteiger partial charge in [-0.1, -0.05) is 15.9 Å². The summed E-state index contributed by atoms with van der Waals surface area (Å²) >= 11 is 3.27. The number of carboxylic acids is 1. The number of hydrogen-bond acceptors (Lipinski definition) is 3. The molecule has 14 heavy (non-hydrogen) atoms. The van der Waals surface area contributed by atoms with E-state index < -0.39 is 5.97 Å². The first kappa shape index (κ1) is 10.8. The SMILES string of the molecule is Nc1ccc(Br)cc1OCCC(=O)O. The van der Waals surface area contributed by atoms with E-state index in [1.165, 1.54) is 0 Å². The minimum Gasteiger partial charge on any atom is -0.491 e. The van der Waals surface area contributed by atoms with Crippen LogP contribution < -0.4 is 10.5 Å². The molecular weight excluding hydrogens is 250 g/mol. The molecule has 0 aliphatic heterocycles. The second kappa shape index (κ2) is 4.85. The fourth-order valence-corrected chi connectivity index (χ4v) is 1.22. The Bertz CT molecular complexity index is 341. The molecule has 0 saturated heterocycles. The fraction of sp³-hybridized carbons (Fsp3) is 0.222. The monoisotopic (exact) mass is 259 g/mol. The van der Waals surface area contributed by atoms with E-state index >= 15 is 0 Å². The van der Waals surface area contributed by atoms with Gasteiger partial charge in [0.15, 0.2) is 0 Å². The Morgan fingerprint density at radius 1 is 1.57 bits per heavy atom. The highest BCUT2D eigenvalue weighted by atomic mass is 79.9. The summed E-state index contributed by atoms with van der Waals surface area (Å²) in [6.45, 7) is 0.121. The number of carboxylic acid groups (broad SMARTS) is 1. The minimum atomic E-state index is -0.890. The smallest absolute Gasteiger partial charge is 0.306 e. The molecule has 0 spiro atoms. The molecule has 0 bridgehead atoms. The highest BCUT2D eigenvalue weighted by Gasteiger charge is 2.02. The quantitative estimate of drug-likeness (QED) is 0.811. The van der Waals surface area contributed by atoms with Gasteiger partial charge in [0.2, 0.25) is 0 Å². The van der Waals surface area contributed by atoms with Crippen molar-refractivity contribution in [1.82, 2.24) is 0 Å². The molecule has 5 heteroatoms. The van der Waals surface area contributed by atoms with Crippen LogP contribution in [0.2, 0.25) is 0 Å². The lowest BCUT2D eigenvalue weighted by molar-refractivity contribution is -0.137. The summed E-state index contributed by atoms with van der Waals surface area (Å²) in [7, 11) is 0. The summed E-state index contributed by atoms with van der Waals surface area (Å²) in [5, 5.41) is 8.39. The van der Waals surface area contributed by atoms with E-state index in [0.717, 1.165) is 4.47 Å². The third kappa shape index (κ3) is 3.26. The van der Waals surface area contributed by atoms with Crippen LogP contribution in [0.5, 0.6) is 5.75 Å². The number of hydrogen-bond donors (Lipinski definition) is 2. The van der Waals surface area contributed by atoms with Gasteiger partial charge in [-0.25, -0.2) is 0 Å². The van der Waals surface area contributed by atoms with Crippen molar-refractivity contribution in [2.45, 2.75) is 6.42 Å². The molecule has 3 N–H and O–H groups in total. The Labute approximate surface area is 89.8 Å². The summed E-state index contributed by atoms with van der Waals surface area (Å²) in [5.41, 5.74) is 6.11. The lowest BCUT2D eigenvalue weighted by atomic mass is 10.3. The van der Waals surface area contributed by atoms with Crippen LogP contribution in [0.3, 0.4) is 0 Å². The van der Waals surface area contributed by atoms with Gasteiger partial charge in [0, 0.05) is 4.47 Å². The Morgan fingerprint density at radius 2 is 2.29 bits per heavy atom. The molecule has 1 aromatic carbocycles. The first-order valence-corrected chi connectivity index (χ1v) is 4.78. The van der Waals surface area contributed by atoms with Crippen LogP contribution >= 0.6 is 15.9 Å². The second-order valence-corrected chi connectivity index (χ2v) is 3.59. The molecule has 0 heterocycles. The molecule has 0 atom stereocenters. The van der Waals surface area contributed by atoms with E-state index in [1.54, 1.807) is 18.2 Å². The predicted octanol–water partition coefficient (Wildman–Crippen LogP) is 1.88. The van der Waals surface area contributed by atoms with Crippen molar-refractivity contribution >= 4 is 27.6 Å². The number of nitrogens with two attached hydrogens (primary N) is 1. The molecule has 0 radical (unpaired) electrons. The molecule has 0 fully saturated rings. The first-order chi connectivity index (χ1) is 6.59. The third-order valence-electron chi connectivity index (χ3n) is 1.55. The third-order valence-corrected chi connectivity index (χ3v) is 2.04. The standard InChI is InChI=1S/C9H10BrNO3/c10-6-1-2-7(11)8(5-6)14-4-3-9(12)13/h1-2,5H,3-4,11H2,(H,12,13). The number of benzene rings is 1. The molecule has 0 aromatic heterocycles. The highest BCUT2D eigenvalue weighted by Crippen LogP contribution is 2.25. The van der Waals surface area contributed by atoms with Crippen molar-refractivity contribution < 1.29 is 14.6 Å². The van der Waals surface area contributed by atoms with Gasteiger partial charge in [-0.3, -0.25) is 4.79 Å². The van der Waals surface area contributed by atoms with Gasteiger partial charge in [0.25, 0.3) is 0 Å². The van der Waals surface area contributed by atoms with Gasteiger partial charge in [-0.05, 0) is 18.2 Å². The molecule has 4 nitrogen and oxygen atoms in total. The van der Waals surface area contributed by atoms with Gasteiger partial charge >= 0.3 is 5.97 Å². The number of anilines is 1. The number of ether oxygens (including phenoxy) is 1. The van der Waals surface area contributed by atoms with Crippen molar-refractivity contribution in [3.8, 4) is 5.75 Å². The van der Waals surface area contributed by atoms with E-state index in [4.69, 9.17) is 15.6 Å². The highest BCUT2D eigenvalue weighted by molar-refractivity contribution is 9.10. The molecule has 0 amide bonds. The van der Waals surface area contributed by atoms with Gasteiger partial charge in [-0.15, -0.1) is 0 Å². The molecule has 0 unspecified atom stereocenters. The molecule has 76 valence electrons. The van der Waals surface area contributed by atoms with Crippen LogP contribution in [0.4, 0.5) is 5.69 Å². The van der Waals surface area contributed by atoms with Crippen molar-refractivity contribution in [3.63, 3.8) is 0 Å². The van der Waals surface area contributed by atoms with E-state index in [-0.39, 0.29) is 13.0 Å². The summed E-state index contributed by atoms with van der Waals surface area (Å²) in [6.07, 6.45) is -0.0358. The van der Waals surface area contributed by atoms with E-state index in [1.807, 2.05) is 0 Å². The average molecular weight is 260 g/mol. The maximum atomic E-state index is 10.2. The van der Waals surface area contributed by atoms with Gasteiger partial charge in [-0.2, -0.15) is 0 Å². The van der Waals surface area contributed by atoms with Crippen LogP contribution in [-0.4, -0.2) is 17.7 Å². The number of aliphatic carboxylic acids is 1. The lowest BCUT2D eigenvalue weighted by Crippen LogP contribution is -2.06. The summed E-state index contributed by atoms with van der Waals surface area (Å²) in [5.74, 6) is -0.390. The van der Waals surface area contributed by atoms with Crippen LogP contribution in [0.15, 0.2) is 22.7 Å². The largest absolute Gasteiger partial charge is 0.491 e. The average Bonchev–Trinajstić information content (AvgIpc) is 2.10. The minimum absolute atomic E-state index is 0.0358. The Hall–Kier alpha value is -1.23. The van der Waals surface area contributed by atoms with Crippen LogP contribution in [-0.2, 0) is 4.79 Å². The van der Waals surface area contributed by atoms with E-state index in [2.05, 4.69) is 15.9 Å². The maximum absolute atomic E-state index is 10.2. The Balaban J connectivity index is 2.57. The van der Waals surface area contributed by atoms with Crippen LogP contribution in [0.25, 0.3) is 0 Å². The van der Waals surface area contributed by atoms with Crippen molar-refractivity contribution in [2.24, 2.45) is 0 Å². The molecule has 0 aliphatic rings. The van der Waals surface area contributed by atoms with Crippen LogP contribution in [0.1, 0.15) is 6.42 Å². The molecule has 1 aromatic rings. The summed E-state index contributed by atoms with van der Waals surface area (Å²) < 4.78 is 6.04. The van der Waals surface area contributed by atoms with E-state index in [9.17, 15) is 4.79 Å². The number of carbonyl (C=O) groups is 1. The zero-order valence-electron chi connectivity index (χ0n) is 7.37. The lowest BCUT2D eigenvalue weighted by Gasteiger charge is -2.07. The molecule has 1 rings (SSSR count). The molecule has 0 saturated carbocycles. The first-order valence-electron chi connectivity index (χ1n) is 3.99. The summed E-state index contributed by atoms with van der Waals surface area (Å²) in [6, 6.07) is 5.19. The second-order valence-electron chi connectivity index (χ2n) is 2.67. The zero-order valence-corrected chi connectivity index (χ0v) is 8.95.